The first-order valence-corrected chi connectivity index (χ1v) is 6.17. The van der Waals surface area contributed by atoms with Crippen molar-refractivity contribution in [2.75, 3.05) is 7.11 Å². The highest BCUT2D eigenvalue weighted by Gasteiger charge is 2.43. The van der Waals surface area contributed by atoms with Gasteiger partial charge in [-0.2, -0.15) is 0 Å². The molecule has 0 aliphatic heterocycles. The van der Waals surface area contributed by atoms with Crippen LogP contribution >= 0.6 is 11.6 Å². The zero-order chi connectivity index (χ0) is 12.6. The molecule has 1 saturated carbocycles. The number of hydrogen-bond acceptors (Lipinski definition) is 3. The van der Waals surface area contributed by atoms with E-state index in [4.69, 9.17) is 26.8 Å². The number of methoxy groups -OCH3 is 1. The van der Waals surface area contributed by atoms with Gasteiger partial charge in [0.1, 0.15) is 0 Å². The zero-order valence-electron chi connectivity index (χ0n) is 10.4. The van der Waals surface area contributed by atoms with Crippen LogP contribution in [0.25, 0.3) is 0 Å². The summed E-state index contributed by atoms with van der Waals surface area (Å²) in [5, 5.41) is 0.629. The fourth-order valence-electron chi connectivity index (χ4n) is 1.85. The van der Waals surface area contributed by atoms with Gasteiger partial charge < -0.3 is 15.2 Å². The normalized spacial score (nSPS) is 17.1. The van der Waals surface area contributed by atoms with Gasteiger partial charge in [0.05, 0.1) is 13.2 Å². The van der Waals surface area contributed by atoms with Gasteiger partial charge in [0.15, 0.2) is 11.5 Å². The monoisotopic (exact) mass is 255 g/mol. The lowest BCUT2D eigenvalue weighted by atomic mass is 10.0. The lowest BCUT2D eigenvalue weighted by Gasteiger charge is -2.21. The lowest BCUT2D eigenvalue weighted by molar-refractivity contribution is 0.226. The van der Waals surface area contributed by atoms with E-state index >= 15 is 0 Å². The van der Waals surface area contributed by atoms with Gasteiger partial charge in [0.2, 0.25) is 0 Å². The second-order valence-electron chi connectivity index (χ2n) is 4.81. The van der Waals surface area contributed by atoms with Gasteiger partial charge in [-0.05, 0) is 32.8 Å². The summed E-state index contributed by atoms with van der Waals surface area (Å²) in [6, 6.07) is 3.64. The van der Waals surface area contributed by atoms with Gasteiger partial charge in [-0.25, -0.2) is 0 Å². The first-order valence-electron chi connectivity index (χ1n) is 5.80. The second-order valence-corrected chi connectivity index (χ2v) is 5.24. The van der Waals surface area contributed by atoms with Gasteiger partial charge in [0, 0.05) is 22.2 Å². The van der Waals surface area contributed by atoms with Crippen LogP contribution in [0.15, 0.2) is 12.1 Å². The Hall–Kier alpha value is -0.930. The maximum Gasteiger partial charge on any atom is 0.166 e. The number of halogens is 1. The first kappa shape index (κ1) is 12.5. The summed E-state index contributed by atoms with van der Waals surface area (Å²) in [4.78, 5) is 0. The van der Waals surface area contributed by atoms with Crippen molar-refractivity contribution in [2.24, 2.45) is 5.73 Å². The van der Waals surface area contributed by atoms with Crippen molar-refractivity contribution in [1.82, 2.24) is 0 Å². The van der Waals surface area contributed by atoms with Crippen molar-refractivity contribution >= 4 is 11.6 Å². The number of benzene rings is 1. The quantitative estimate of drug-likeness (QED) is 0.899. The zero-order valence-corrected chi connectivity index (χ0v) is 11.2. The Morgan fingerprint density at radius 1 is 1.35 bits per heavy atom. The third-order valence-corrected chi connectivity index (χ3v) is 3.14. The van der Waals surface area contributed by atoms with Gasteiger partial charge >= 0.3 is 0 Å². The highest BCUT2D eigenvalue weighted by atomic mass is 35.5. The van der Waals surface area contributed by atoms with E-state index in [0.717, 1.165) is 24.2 Å². The van der Waals surface area contributed by atoms with Gasteiger partial charge in [-0.15, -0.1) is 0 Å². The summed E-state index contributed by atoms with van der Waals surface area (Å²) in [6.45, 7) is 3.96. The molecule has 2 rings (SSSR count). The van der Waals surface area contributed by atoms with Crippen LogP contribution in [0.3, 0.4) is 0 Å². The largest absolute Gasteiger partial charge is 0.493 e. The van der Waals surface area contributed by atoms with Crippen molar-refractivity contribution in [3.63, 3.8) is 0 Å². The molecule has 1 fully saturated rings. The van der Waals surface area contributed by atoms with Crippen LogP contribution in [0.1, 0.15) is 32.3 Å². The second kappa shape index (κ2) is 4.39. The van der Waals surface area contributed by atoms with Crippen LogP contribution in [-0.4, -0.2) is 13.2 Å². The molecule has 94 valence electrons. The Kier molecular flexibility index (Phi) is 3.23. The van der Waals surface area contributed by atoms with Crippen molar-refractivity contribution in [2.45, 2.75) is 38.3 Å². The van der Waals surface area contributed by atoms with E-state index in [9.17, 15) is 0 Å². The van der Waals surface area contributed by atoms with Gasteiger partial charge in [-0.3, -0.25) is 0 Å². The lowest BCUT2D eigenvalue weighted by Crippen LogP contribution is -2.21. The molecule has 0 saturated heterocycles. The molecular formula is C13H18ClNO2. The molecular weight excluding hydrogens is 238 g/mol. The molecule has 1 aromatic rings. The average molecular weight is 256 g/mol. The minimum Gasteiger partial charge on any atom is -0.493 e. The van der Waals surface area contributed by atoms with Gasteiger partial charge in [-0.1, -0.05) is 11.6 Å². The smallest absolute Gasteiger partial charge is 0.166 e. The molecule has 1 aromatic carbocycles. The minimum absolute atomic E-state index is 0.0752. The van der Waals surface area contributed by atoms with E-state index in [1.807, 2.05) is 19.9 Å². The molecule has 17 heavy (non-hydrogen) atoms. The molecule has 0 radical (unpaired) electrons. The van der Waals surface area contributed by atoms with Crippen LogP contribution in [0.4, 0.5) is 0 Å². The molecule has 0 heterocycles. The number of ether oxygens (including phenoxy) is 2. The van der Waals surface area contributed by atoms with E-state index in [1.165, 1.54) is 0 Å². The molecule has 0 spiro atoms. The van der Waals surface area contributed by atoms with Crippen LogP contribution in [0, 0.1) is 0 Å². The minimum atomic E-state index is -0.289. The first-order chi connectivity index (χ1) is 7.96. The third kappa shape index (κ3) is 2.50. The summed E-state index contributed by atoms with van der Waals surface area (Å²) in [6.07, 6.45) is 2.00. The van der Waals surface area contributed by atoms with Crippen LogP contribution in [-0.2, 0) is 5.54 Å². The molecule has 1 aliphatic carbocycles. The van der Waals surface area contributed by atoms with Crippen LogP contribution in [0.5, 0.6) is 11.5 Å². The Bertz CT molecular complexity index is 428. The van der Waals surface area contributed by atoms with Crippen molar-refractivity contribution in [3.8, 4) is 11.5 Å². The molecule has 0 amide bonds. The molecule has 0 aromatic heterocycles. The highest BCUT2D eigenvalue weighted by Crippen LogP contribution is 2.50. The molecule has 0 unspecified atom stereocenters. The van der Waals surface area contributed by atoms with Crippen LogP contribution in [0.2, 0.25) is 5.02 Å². The highest BCUT2D eigenvalue weighted by molar-refractivity contribution is 6.30. The van der Waals surface area contributed by atoms with Crippen LogP contribution < -0.4 is 15.2 Å². The molecule has 2 N–H and O–H groups in total. The molecule has 0 atom stereocenters. The average Bonchev–Trinajstić information content (AvgIpc) is 2.99. The van der Waals surface area contributed by atoms with E-state index in [0.29, 0.717) is 10.8 Å². The fourth-order valence-corrected chi connectivity index (χ4v) is 2.06. The molecule has 4 heteroatoms. The number of rotatable bonds is 4. The predicted molar refractivity (Wildman–Crippen MR) is 68.9 cm³/mol. The number of hydrogen-bond donors (Lipinski definition) is 1. The Balaban J connectivity index is 2.50. The van der Waals surface area contributed by atoms with E-state index in [-0.39, 0.29) is 11.6 Å². The topological polar surface area (TPSA) is 44.5 Å². The molecule has 3 nitrogen and oxygen atoms in total. The van der Waals surface area contributed by atoms with Crippen molar-refractivity contribution < 1.29 is 9.47 Å². The third-order valence-electron chi connectivity index (χ3n) is 2.92. The van der Waals surface area contributed by atoms with Crippen molar-refractivity contribution in [1.29, 1.82) is 0 Å². The van der Waals surface area contributed by atoms with E-state index < -0.39 is 0 Å². The summed E-state index contributed by atoms with van der Waals surface area (Å²) >= 11 is 6.08. The molecule has 0 bridgehead atoms. The summed E-state index contributed by atoms with van der Waals surface area (Å²) in [7, 11) is 1.61. The Morgan fingerprint density at radius 3 is 2.47 bits per heavy atom. The summed E-state index contributed by atoms with van der Waals surface area (Å²) < 4.78 is 11.2. The van der Waals surface area contributed by atoms with Crippen molar-refractivity contribution in [3.05, 3.63) is 22.7 Å². The predicted octanol–water partition coefficient (Wildman–Crippen LogP) is 3.08. The number of nitrogens with two attached hydrogens (primary N) is 1. The SMILES string of the molecule is COc1cc(Cl)cc(C2(N)CC2)c1OC(C)C. The Labute approximate surface area is 107 Å². The van der Waals surface area contributed by atoms with E-state index in [2.05, 4.69) is 0 Å². The van der Waals surface area contributed by atoms with E-state index in [1.54, 1.807) is 13.2 Å². The maximum absolute atomic E-state index is 6.24. The standard InChI is InChI=1S/C13H18ClNO2/c1-8(2)17-12-10(13(15)4-5-13)6-9(14)7-11(12)16-3/h6-8H,4-5,15H2,1-3H3. The fraction of sp³-hybridized carbons (Fsp3) is 0.538. The summed E-state index contributed by atoms with van der Waals surface area (Å²) in [5.74, 6) is 1.38. The van der Waals surface area contributed by atoms with Gasteiger partial charge in [0.25, 0.3) is 0 Å². The summed E-state index contributed by atoms with van der Waals surface area (Å²) in [5.41, 5.74) is 6.91. The Morgan fingerprint density at radius 2 is 2.00 bits per heavy atom. The maximum atomic E-state index is 6.24. The molecule has 1 aliphatic rings.